The number of rotatable bonds is 5. The molecule has 1 aliphatic rings. The molecule has 0 aromatic carbocycles. The fourth-order valence-electron chi connectivity index (χ4n) is 1.96. The molecule has 0 aromatic heterocycles. The molecule has 1 saturated heterocycles. The summed E-state index contributed by atoms with van der Waals surface area (Å²) in [4.78, 5) is 2.59. The second-order valence-corrected chi connectivity index (χ2v) is 4.12. The fourth-order valence-corrected chi connectivity index (χ4v) is 1.96. The van der Waals surface area contributed by atoms with Gasteiger partial charge in [0.2, 0.25) is 0 Å². The van der Waals surface area contributed by atoms with Crippen molar-refractivity contribution in [3.05, 3.63) is 0 Å². The van der Waals surface area contributed by atoms with Gasteiger partial charge in [0, 0.05) is 32.8 Å². The smallest absolute Gasteiger partial charge is 0.0462 e. The molecule has 1 N–H and O–H groups in total. The number of unbranched alkanes of at least 4 members (excludes halogenated alkanes) is 1. The molecule has 0 aliphatic carbocycles. The van der Waals surface area contributed by atoms with E-state index in [0.717, 1.165) is 19.2 Å². The number of ether oxygens (including phenoxy) is 1. The minimum atomic E-state index is 0.743. The number of nitrogens with zero attached hydrogens (tertiary/aromatic N) is 1. The molecular weight excluding hydrogens is 176 g/mol. The highest BCUT2D eigenvalue weighted by Gasteiger charge is 2.15. The summed E-state index contributed by atoms with van der Waals surface area (Å²) in [6.45, 7) is 7.99. The Morgan fingerprint density at radius 1 is 1.36 bits per heavy atom. The average Bonchev–Trinajstić information content (AvgIpc) is 2.39. The van der Waals surface area contributed by atoms with Crippen molar-refractivity contribution in [3.8, 4) is 0 Å². The van der Waals surface area contributed by atoms with Crippen LogP contribution in [0, 0.1) is 0 Å². The lowest BCUT2D eigenvalue weighted by molar-refractivity contribution is 0.174. The first kappa shape index (κ1) is 12.0. The Morgan fingerprint density at radius 2 is 2.21 bits per heavy atom. The number of hydrogen-bond donors (Lipinski definition) is 1. The van der Waals surface area contributed by atoms with Crippen molar-refractivity contribution in [2.45, 2.75) is 32.2 Å². The van der Waals surface area contributed by atoms with Gasteiger partial charge >= 0.3 is 0 Å². The van der Waals surface area contributed by atoms with Crippen molar-refractivity contribution in [2.24, 2.45) is 0 Å². The third-order valence-electron chi connectivity index (χ3n) is 2.98. The summed E-state index contributed by atoms with van der Waals surface area (Å²) in [5, 5.41) is 3.44. The first-order valence-corrected chi connectivity index (χ1v) is 5.78. The van der Waals surface area contributed by atoms with Crippen LogP contribution in [0.4, 0.5) is 0 Å². The zero-order valence-electron chi connectivity index (χ0n) is 9.59. The zero-order valence-corrected chi connectivity index (χ0v) is 9.59. The minimum absolute atomic E-state index is 0.743. The Balaban J connectivity index is 2.13. The molecule has 0 aromatic rings. The molecule has 0 radical (unpaired) electrons. The molecule has 1 rings (SSSR count). The van der Waals surface area contributed by atoms with Gasteiger partial charge in [-0.3, -0.25) is 4.90 Å². The van der Waals surface area contributed by atoms with Gasteiger partial charge in [-0.05, 0) is 39.3 Å². The molecule has 1 atom stereocenters. The monoisotopic (exact) mass is 200 g/mol. The predicted molar refractivity (Wildman–Crippen MR) is 59.6 cm³/mol. The number of methoxy groups -OCH3 is 1. The van der Waals surface area contributed by atoms with Crippen LogP contribution in [0.3, 0.4) is 0 Å². The van der Waals surface area contributed by atoms with Gasteiger partial charge in [-0.15, -0.1) is 0 Å². The zero-order chi connectivity index (χ0) is 10.2. The largest absolute Gasteiger partial charge is 0.385 e. The maximum atomic E-state index is 5.05. The summed E-state index contributed by atoms with van der Waals surface area (Å²) in [5.41, 5.74) is 0. The first-order chi connectivity index (χ1) is 6.84. The normalized spacial score (nSPS) is 24.9. The van der Waals surface area contributed by atoms with Crippen LogP contribution in [-0.2, 0) is 4.74 Å². The van der Waals surface area contributed by atoms with Crippen LogP contribution in [0.1, 0.15) is 26.2 Å². The van der Waals surface area contributed by atoms with E-state index < -0.39 is 0 Å². The van der Waals surface area contributed by atoms with E-state index in [1.165, 1.54) is 38.9 Å². The van der Waals surface area contributed by atoms with Crippen molar-refractivity contribution >= 4 is 0 Å². The Labute approximate surface area is 87.8 Å². The van der Waals surface area contributed by atoms with Gasteiger partial charge in [0.15, 0.2) is 0 Å². The standard InChI is InChI=1S/C11H24N2O/c1-11-5-6-12-7-9-13(11)8-3-4-10-14-2/h11-12H,3-10H2,1-2H3. The highest BCUT2D eigenvalue weighted by molar-refractivity contribution is 4.73. The van der Waals surface area contributed by atoms with Gasteiger partial charge in [0.25, 0.3) is 0 Å². The molecule has 1 fully saturated rings. The maximum Gasteiger partial charge on any atom is 0.0462 e. The first-order valence-electron chi connectivity index (χ1n) is 5.78. The van der Waals surface area contributed by atoms with E-state index >= 15 is 0 Å². The third kappa shape index (κ3) is 4.40. The molecule has 14 heavy (non-hydrogen) atoms. The highest BCUT2D eigenvalue weighted by Crippen LogP contribution is 2.07. The fraction of sp³-hybridized carbons (Fsp3) is 1.00. The summed E-state index contributed by atoms with van der Waals surface area (Å²) in [7, 11) is 1.78. The predicted octanol–water partition coefficient (Wildman–Crippen LogP) is 1.10. The molecule has 84 valence electrons. The summed E-state index contributed by atoms with van der Waals surface area (Å²) >= 11 is 0. The molecule has 1 unspecified atom stereocenters. The molecule has 3 heteroatoms. The topological polar surface area (TPSA) is 24.5 Å². The number of hydrogen-bond acceptors (Lipinski definition) is 3. The van der Waals surface area contributed by atoms with Crippen molar-refractivity contribution in [1.29, 1.82) is 0 Å². The molecule has 1 heterocycles. The summed E-state index contributed by atoms with van der Waals surface area (Å²) in [6, 6.07) is 0.743. The van der Waals surface area contributed by atoms with Crippen LogP contribution in [0.2, 0.25) is 0 Å². The highest BCUT2D eigenvalue weighted by atomic mass is 16.5. The van der Waals surface area contributed by atoms with Crippen molar-refractivity contribution in [3.63, 3.8) is 0 Å². The molecule has 0 amide bonds. The van der Waals surface area contributed by atoms with Crippen molar-refractivity contribution in [1.82, 2.24) is 10.2 Å². The summed E-state index contributed by atoms with van der Waals surface area (Å²) in [6.07, 6.45) is 3.73. The van der Waals surface area contributed by atoms with Gasteiger partial charge in [0.1, 0.15) is 0 Å². The van der Waals surface area contributed by atoms with Gasteiger partial charge in [-0.1, -0.05) is 0 Å². The number of nitrogens with one attached hydrogen (secondary N) is 1. The molecule has 3 nitrogen and oxygen atoms in total. The molecular formula is C11H24N2O. The Hall–Kier alpha value is -0.120. The lowest BCUT2D eigenvalue weighted by Crippen LogP contribution is -2.35. The van der Waals surface area contributed by atoms with Crippen LogP contribution < -0.4 is 5.32 Å². The lowest BCUT2D eigenvalue weighted by atomic mass is 10.2. The van der Waals surface area contributed by atoms with E-state index in [1.807, 2.05) is 0 Å². The second kappa shape index (κ2) is 7.21. The molecule has 1 aliphatic heterocycles. The van der Waals surface area contributed by atoms with Crippen molar-refractivity contribution in [2.75, 3.05) is 39.9 Å². The summed E-state index contributed by atoms with van der Waals surface area (Å²) < 4.78 is 5.05. The van der Waals surface area contributed by atoms with E-state index in [4.69, 9.17) is 4.74 Å². The SMILES string of the molecule is COCCCCN1CCNCCC1C. The van der Waals surface area contributed by atoms with Crippen LogP contribution in [0.25, 0.3) is 0 Å². The van der Waals surface area contributed by atoms with E-state index in [9.17, 15) is 0 Å². The van der Waals surface area contributed by atoms with Crippen LogP contribution >= 0.6 is 0 Å². The molecule has 0 spiro atoms. The van der Waals surface area contributed by atoms with Crippen molar-refractivity contribution < 1.29 is 4.74 Å². The van der Waals surface area contributed by atoms with E-state index in [-0.39, 0.29) is 0 Å². The third-order valence-corrected chi connectivity index (χ3v) is 2.98. The lowest BCUT2D eigenvalue weighted by Gasteiger charge is -2.26. The average molecular weight is 200 g/mol. The second-order valence-electron chi connectivity index (χ2n) is 4.12. The van der Waals surface area contributed by atoms with Gasteiger partial charge < -0.3 is 10.1 Å². The van der Waals surface area contributed by atoms with E-state index in [1.54, 1.807) is 7.11 Å². The Morgan fingerprint density at radius 3 is 3.00 bits per heavy atom. The molecule has 0 saturated carbocycles. The van der Waals surface area contributed by atoms with Gasteiger partial charge in [0.05, 0.1) is 0 Å². The maximum absolute atomic E-state index is 5.05. The summed E-state index contributed by atoms with van der Waals surface area (Å²) in [5.74, 6) is 0. The Kier molecular flexibility index (Phi) is 6.15. The van der Waals surface area contributed by atoms with E-state index in [2.05, 4.69) is 17.1 Å². The van der Waals surface area contributed by atoms with Crippen LogP contribution in [-0.4, -0.2) is 50.8 Å². The van der Waals surface area contributed by atoms with Gasteiger partial charge in [-0.25, -0.2) is 0 Å². The van der Waals surface area contributed by atoms with Crippen LogP contribution in [0.5, 0.6) is 0 Å². The Bertz CT molecular complexity index is 141. The molecule has 0 bridgehead atoms. The minimum Gasteiger partial charge on any atom is -0.385 e. The van der Waals surface area contributed by atoms with Crippen LogP contribution in [0.15, 0.2) is 0 Å². The quantitative estimate of drug-likeness (QED) is 0.673. The van der Waals surface area contributed by atoms with Gasteiger partial charge in [-0.2, -0.15) is 0 Å². The van der Waals surface area contributed by atoms with E-state index in [0.29, 0.717) is 0 Å².